The Balaban J connectivity index is 2.93. The molecule has 0 unspecified atom stereocenters. The Morgan fingerprint density at radius 1 is 1.00 bits per heavy atom. The van der Waals surface area contributed by atoms with E-state index in [-0.39, 0.29) is 24.4 Å². The van der Waals surface area contributed by atoms with Crippen LogP contribution in [0.25, 0.3) is 0 Å². The number of hydrogen-bond donors (Lipinski definition) is 3. The SMILES string of the molecule is CC(C)(C)CCc1cc(CO)c(O)c(CO)c1. The zero-order valence-corrected chi connectivity index (χ0v) is 10.8. The van der Waals surface area contributed by atoms with Crippen molar-refractivity contribution in [1.29, 1.82) is 0 Å². The first-order valence-electron chi connectivity index (χ1n) is 5.92. The molecule has 17 heavy (non-hydrogen) atoms. The van der Waals surface area contributed by atoms with Crippen molar-refractivity contribution < 1.29 is 15.3 Å². The minimum atomic E-state index is -0.206. The zero-order valence-electron chi connectivity index (χ0n) is 10.8. The summed E-state index contributed by atoms with van der Waals surface area (Å²) in [7, 11) is 0. The Labute approximate surface area is 103 Å². The smallest absolute Gasteiger partial charge is 0.126 e. The van der Waals surface area contributed by atoms with E-state index in [1.807, 2.05) is 0 Å². The van der Waals surface area contributed by atoms with Crippen molar-refractivity contribution in [3.8, 4) is 5.75 Å². The van der Waals surface area contributed by atoms with Crippen LogP contribution in [-0.2, 0) is 19.6 Å². The van der Waals surface area contributed by atoms with E-state index in [0.717, 1.165) is 18.4 Å². The average molecular weight is 238 g/mol. The van der Waals surface area contributed by atoms with Gasteiger partial charge in [-0.25, -0.2) is 0 Å². The van der Waals surface area contributed by atoms with Gasteiger partial charge in [-0.05, 0) is 36.0 Å². The highest BCUT2D eigenvalue weighted by molar-refractivity contribution is 5.43. The topological polar surface area (TPSA) is 60.7 Å². The van der Waals surface area contributed by atoms with Gasteiger partial charge in [0.2, 0.25) is 0 Å². The van der Waals surface area contributed by atoms with Crippen LogP contribution in [0.3, 0.4) is 0 Å². The van der Waals surface area contributed by atoms with E-state index in [1.54, 1.807) is 12.1 Å². The van der Waals surface area contributed by atoms with Gasteiger partial charge in [0.1, 0.15) is 5.75 Å². The van der Waals surface area contributed by atoms with E-state index in [1.165, 1.54) is 0 Å². The number of aromatic hydroxyl groups is 1. The number of aryl methyl sites for hydroxylation is 1. The Bertz CT molecular complexity index is 353. The van der Waals surface area contributed by atoms with Gasteiger partial charge >= 0.3 is 0 Å². The fourth-order valence-electron chi connectivity index (χ4n) is 1.74. The molecule has 1 rings (SSSR count). The third-order valence-electron chi connectivity index (χ3n) is 2.83. The summed E-state index contributed by atoms with van der Waals surface area (Å²) in [6.45, 7) is 6.11. The molecular formula is C14H22O3. The summed E-state index contributed by atoms with van der Waals surface area (Å²) in [5.41, 5.74) is 2.27. The lowest BCUT2D eigenvalue weighted by atomic mass is 9.88. The van der Waals surface area contributed by atoms with Gasteiger partial charge in [0.25, 0.3) is 0 Å². The van der Waals surface area contributed by atoms with Crippen LogP contribution in [0.4, 0.5) is 0 Å². The second-order valence-electron chi connectivity index (χ2n) is 5.64. The summed E-state index contributed by atoms with van der Waals surface area (Å²) in [5, 5.41) is 28.0. The molecule has 0 atom stereocenters. The Hall–Kier alpha value is -1.06. The lowest BCUT2D eigenvalue weighted by Crippen LogP contribution is -2.07. The third-order valence-corrected chi connectivity index (χ3v) is 2.83. The summed E-state index contributed by atoms with van der Waals surface area (Å²) >= 11 is 0. The molecule has 0 aliphatic heterocycles. The molecule has 1 aromatic carbocycles. The number of benzene rings is 1. The lowest BCUT2D eigenvalue weighted by Gasteiger charge is -2.18. The molecule has 3 nitrogen and oxygen atoms in total. The third kappa shape index (κ3) is 4.02. The van der Waals surface area contributed by atoms with Gasteiger partial charge in [-0.3, -0.25) is 0 Å². The van der Waals surface area contributed by atoms with Crippen molar-refractivity contribution >= 4 is 0 Å². The van der Waals surface area contributed by atoms with Crippen LogP contribution >= 0.6 is 0 Å². The summed E-state index contributed by atoms with van der Waals surface area (Å²) in [6.07, 6.45) is 1.90. The molecule has 0 aliphatic rings. The molecule has 3 N–H and O–H groups in total. The number of aliphatic hydroxyl groups is 2. The van der Waals surface area contributed by atoms with E-state index in [9.17, 15) is 5.11 Å². The molecular weight excluding hydrogens is 216 g/mol. The highest BCUT2D eigenvalue weighted by Crippen LogP contribution is 2.27. The lowest BCUT2D eigenvalue weighted by molar-refractivity contribution is 0.263. The highest BCUT2D eigenvalue weighted by Gasteiger charge is 2.13. The van der Waals surface area contributed by atoms with Crippen LogP contribution in [0, 0.1) is 5.41 Å². The summed E-state index contributed by atoms with van der Waals surface area (Å²) < 4.78 is 0. The quantitative estimate of drug-likeness (QED) is 0.754. The maximum atomic E-state index is 9.72. The number of hydrogen-bond acceptors (Lipinski definition) is 3. The van der Waals surface area contributed by atoms with Crippen molar-refractivity contribution in [2.24, 2.45) is 5.41 Å². The zero-order chi connectivity index (χ0) is 13.1. The maximum Gasteiger partial charge on any atom is 0.126 e. The number of rotatable bonds is 4. The van der Waals surface area contributed by atoms with E-state index < -0.39 is 0 Å². The van der Waals surface area contributed by atoms with Gasteiger partial charge in [0.15, 0.2) is 0 Å². The standard InChI is InChI=1S/C14H22O3/c1-14(2,3)5-4-10-6-11(8-15)13(17)12(7-10)9-16/h6-7,15-17H,4-5,8-9H2,1-3H3. The molecule has 0 bridgehead atoms. The van der Waals surface area contributed by atoms with Crippen LogP contribution < -0.4 is 0 Å². The van der Waals surface area contributed by atoms with Gasteiger partial charge in [0.05, 0.1) is 13.2 Å². The predicted molar refractivity (Wildman–Crippen MR) is 67.7 cm³/mol. The van der Waals surface area contributed by atoms with Crippen LogP contribution in [0.1, 0.15) is 43.9 Å². The molecule has 0 aliphatic carbocycles. The van der Waals surface area contributed by atoms with E-state index >= 15 is 0 Å². The van der Waals surface area contributed by atoms with Gasteiger partial charge in [-0.2, -0.15) is 0 Å². The van der Waals surface area contributed by atoms with Crippen LogP contribution in [-0.4, -0.2) is 15.3 Å². The fraction of sp³-hybridized carbons (Fsp3) is 0.571. The van der Waals surface area contributed by atoms with Gasteiger partial charge in [-0.1, -0.05) is 20.8 Å². The Morgan fingerprint density at radius 3 is 1.82 bits per heavy atom. The highest BCUT2D eigenvalue weighted by atomic mass is 16.3. The van der Waals surface area contributed by atoms with Crippen LogP contribution in [0.2, 0.25) is 0 Å². The summed E-state index contributed by atoms with van der Waals surface area (Å²) in [4.78, 5) is 0. The minimum Gasteiger partial charge on any atom is -0.507 e. The van der Waals surface area contributed by atoms with Crippen molar-refractivity contribution in [2.75, 3.05) is 0 Å². The van der Waals surface area contributed by atoms with Gasteiger partial charge in [0, 0.05) is 11.1 Å². The number of phenols is 1. The second-order valence-corrected chi connectivity index (χ2v) is 5.64. The molecule has 3 heteroatoms. The molecule has 0 amide bonds. The first-order valence-corrected chi connectivity index (χ1v) is 5.92. The van der Waals surface area contributed by atoms with E-state index in [4.69, 9.17) is 10.2 Å². The maximum absolute atomic E-state index is 9.72. The molecule has 0 saturated carbocycles. The minimum absolute atomic E-state index is 0.00880. The van der Waals surface area contributed by atoms with Gasteiger partial charge in [-0.15, -0.1) is 0 Å². The molecule has 96 valence electrons. The fourth-order valence-corrected chi connectivity index (χ4v) is 1.74. The molecule has 1 aromatic rings. The van der Waals surface area contributed by atoms with E-state index in [0.29, 0.717) is 11.1 Å². The van der Waals surface area contributed by atoms with Crippen molar-refractivity contribution in [3.05, 3.63) is 28.8 Å². The molecule has 0 saturated heterocycles. The Kier molecular flexibility index (Phi) is 4.54. The summed E-state index contributed by atoms with van der Waals surface area (Å²) in [6, 6.07) is 3.61. The molecule has 0 fully saturated rings. The monoisotopic (exact) mass is 238 g/mol. The molecule has 0 radical (unpaired) electrons. The summed E-state index contributed by atoms with van der Waals surface area (Å²) in [5.74, 6) is 0.00880. The number of aliphatic hydroxyl groups excluding tert-OH is 2. The van der Waals surface area contributed by atoms with Crippen LogP contribution in [0.15, 0.2) is 12.1 Å². The van der Waals surface area contributed by atoms with Crippen molar-refractivity contribution in [3.63, 3.8) is 0 Å². The predicted octanol–water partition coefficient (Wildman–Crippen LogP) is 2.36. The average Bonchev–Trinajstić information content (AvgIpc) is 2.26. The van der Waals surface area contributed by atoms with Gasteiger partial charge < -0.3 is 15.3 Å². The largest absolute Gasteiger partial charge is 0.507 e. The normalized spacial score (nSPS) is 11.8. The van der Waals surface area contributed by atoms with E-state index in [2.05, 4.69) is 20.8 Å². The molecule has 0 heterocycles. The van der Waals surface area contributed by atoms with Crippen molar-refractivity contribution in [1.82, 2.24) is 0 Å². The molecule has 0 aromatic heterocycles. The first-order chi connectivity index (χ1) is 7.87. The second kappa shape index (κ2) is 5.52. The van der Waals surface area contributed by atoms with Crippen LogP contribution in [0.5, 0.6) is 5.75 Å². The Morgan fingerprint density at radius 2 is 1.47 bits per heavy atom. The first kappa shape index (κ1) is 14.0. The van der Waals surface area contributed by atoms with Crippen molar-refractivity contribution in [2.45, 2.75) is 46.8 Å². The molecule has 0 spiro atoms.